The van der Waals surface area contributed by atoms with Crippen LogP contribution in [0.5, 0.6) is 0 Å². The number of rotatable bonds is 4. The van der Waals surface area contributed by atoms with E-state index in [4.69, 9.17) is 4.42 Å². The second-order valence-electron chi connectivity index (χ2n) is 3.90. The van der Waals surface area contributed by atoms with Crippen molar-refractivity contribution in [2.45, 2.75) is 13.0 Å². The molecule has 0 fully saturated rings. The molecule has 1 aromatic heterocycles. The van der Waals surface area contributed by atoms with Crippen molar-refractivity contribution in [3.63, 3.8) is 0 Å². The largest absolute Gasteiger partial charge is 0.467 e. The molecule has 0 spiro atoms. The predicted octanol–water partition coefficient (Wildman–Crippen LogP) is 2.87. The molecule has 0 aliphatic rings. The van der Waals surface area contributed by atoms with Crippen LogP contribution >= 0.6 is 0 Å². The third-order valence-electron chi connectivity index (χ3n) is 2.48. The minimum Gasteiger partial charge on any atom is -0.467 e. The van der Waals surface area contributed by atoms with Gasteiger partial charge >= 0.3 is 0 Å². The summed E-state index contributed by atoms with van der Waals surface area (Å²) in [5.74, 6) is 0.132. The molecule has 1 aromatic carbocycles. The number of aliphatic hydroxyl groups is 1. The maximum absolute atomic E-state index is 13.4. The summed E-state index contributed by atoms with van der Waals surface area (Å²) in [5, 5.41) is 12.6. The number of nitrogens with one attached hydrogen (secondary N) is 1. The third kappa shape index (κ3) is 2.85. The Bertz CT molecular complexity index is 482. The van der Waals surface area contributed by atoms with Gasteiger partial charge in [-0.15, -0.1) is 0 Å². The highest BCUT2D eigenvalue weighted by Gasteiger charge is 2.11. The molecule has 0 bridgehead atoms. The van der Waals surface area contributed by atoms with Crippen LogP contribution in [0.25, 0.3) is 0 Å². The van der Waals surface area contributed by atoms with Crippen molar-refractivity contribution in [2.75, 3.05) is 11.9 Å². The summed E-state index contributed by atoms with van der Waals surface area (Å²) in [4.78, 5) is 0. The van der Waals surface area contributed by atoms with Gasteiger partial charge in [-0.05, 0) is 36.8 Å². The maximum atomic E-state index is 13.4. The highest BCUT2D eigenvalue weighted by molar-refractivity contribution is 5.47. The summed E-state index contributed by atoms with van der Waals surface area (Å²) < 4.78 is 18.4. The van der Waals surface area contributed by atoms with Gasteiger partial charge in [0.05, 0.1) is 12.0 Å². The van der Waals surface area contributed by atoms with Gasteiger partial charge in [-0.25, -0.2) is 4.39 Å². The van der Waals surface area contributed by atoms with Crippen molar-refractivity contribution in [1.82, 2.24) is 0 Å². The Hall–Kier alpha value is -1.81. The zero-order chi connectivity index (χ0) is 12.3. The predicted molar refractivity (Wildman–Crippen MR) is 63.3 cm³/mol. The zero-order valence-corrected chi connectivity index (χ0v) is 9.48. The molecule has 2 rings (SSSR count). The topological polar surface area (TPSA) is 45.4 Å². The first-order valence-corrected chi connectivity index (χ1v) is 5.38. The lowest BCUT2D eigenvalue weighted by Crippen LogP contribution is -2.12. The quantitative estimate of drug-likeness (QED) is 0.856. The van der Waals surface area contributed by atoms with E-state index in [1.54, 1.807) is 24.3 Å². The molecule has 2 N–H and O–H groups in total. The van der Waals surface area contributed by atoms with E-state index in [0.717, 1.165) is 5.56 Å². The van der Waals surface area contributed by atoms with E-state index in [0.29, 0.717) is 11.4 Å². The molecule has 17 heavy (non-hydrogen) atoms. The number of benzene rings is 1. The summed E-state index contributed by atoms with van der Waals surface area (Å²) in [7, 11) is 0. The standard InChI is InChI=1S/C13H14FNO2/c1-9-4-5-10(14)11(7-9)15-8-12(16)13-3-2-6-17-13/h2-7,12,15-16H,8H2,1H3. The molecule has 1 atom stereocenters. The molecule has 0 saturated carbocycles. The molecule has 1 unspecified atom stereocenters. The third-order valence-corrected chi connectivity index (χ3v) is 2.48. The van der Waals surface area contributed by atoms with Crippen molar-refractivity contribution in [3.8, 4) is 0 Å². The number of furan rings is 1. The zero-order valence-electron chi connectivity index (χ0n) is 9.48. The second-order valence-corrected chi connectivity index (χ2v) is 3.90. The number of halogens is 1. The lowest BCUT2D eigenvalue weighted by atomic mass is 10.2. The summed E-state index contributed by atoms with van der Waals surface area (Å²) in [5.41, 5.74) is 1.34. The molecule has 0 amide bonds. The van der Waals surface area contributed by atoms with Gasteiger partial charge in [-0.2, -0.15) is 0 Å². The monoisotopic (exact) mass is 235 g/mol. The first kappa shape index (κ1) is 11.7. The van der Waals surface area contributed by atoms with Gasteiger partial charge < -0.3 is 14.8 Å². The summed E-state index contributed by atoms with van der Waals surface area (Å²) in [6.45, 7) is 2.08. The number of hydrogen-bond donors (Lipinski definition) is 2. The van der Waals surface area contributed by atoms with Gasteiger partial charge in [0.1, 0.15) is 17.7 Å². The van der Waals surface area contributed by atoms with Crippen molar-refractivity contribution in [1.29, 1.82) is 0 Å². The molecular weight excluding hydrogens is 221 g/mol. The fraction of sp³-hybridized carbons (Fsp3) is 0.231. The lowest BCUT2D eigenvalue weighted by Gasteiger charge is -2.11. The Morgan fingerprint density at radius 3 is 2.94 bits per heavy atom. The Morgan fingerprint density at radius 1 is 1.41 bits per heavy atom. The molecule has 0 saturated heterocycles. The highest BCUT2D eigenvalue weighted by atomic mass is 19.1. The molecule has 0 aliphatic heterocycles. The van der Waals surface area contributed by atoms with Crippen molar-refractivity contribution < 1.29 is 13.9 Å². The van der Waals surface area contributed by atoms with Gasteiger partial charge in [0.25, 0.3) is 0 Å². The van der Waals surface area contributed by atoms with E-state index < -0.39 is 6.10 Å². The number of aliphatic hydroxyl groups excluding tert-OH is 1. The van der Waals surface area contributed by atoms with Gasteiger partial charge in [-0.1, -0.05) is 6.07 Å². The molecule has 0 radical (unpaired) electrons. The number of anilines is 1. The van der Waals surface area contributed by atoms with E-state index in [-0.39, 0.29) is 12.4 Å². The second kappa shape index (κ2) is 5.01. The normalized spacial score (nSPS) is 12.4. The first-order chi connectivity index (χ1) is 8.16. The lowest BCUT2D eigenvalue weighted by molar-refractivity contribution is 0.162. The van der Waals surface area contributed by atoms with Crippen molar-refractivity contribution in [2.24, 2.45) is 0 Å². The highest BCUT2D eigenvalue weighted by Crippen LogP contribution is 2.18. The van der Waals surface area contributed by atoms with Crippen LogP contribution in [-0.4, -0.2) is 11.7 Å². The van der Waals surface area contributed by atoms with Crippen LogP contribution in [0, 0.1) is 12.7 Å². The van der Waals surface area contributed by atoms with Gasteiger partial charge in [-0.3, -0.25) is 0 Å². The minimum atomic E-state index is -0.787. The smallest absolute Gasteiger partial charge is 0.146 e. The average Bonchev–Trinajstić information content (AvgIpc) is 2.83. The van der Waals surface area contributed by atoms with Crippen molar-refractivity contribution in [3.05, 3.63) is 53.7 Å². The van der Waals surface area contributed by atoms with Crippen LogP contribution in [0.4, 0.5) is 10.1 Å². The Labute approximate surface area is 98.9 Å². The van der Waals surface area contributed by atoms with Crippen LogP contribution in [0.15, 0.2) is 41.0 Å². The summed E-state index contributed by atoms with van der Waals surface area (Å²) >= 11 is 0. The Morgan fingerprint density at radius 2 is 2.24 bits per heavy atom. The van der Waals surface area contributed by atoms with Crippen LogP contribution in [0.2, 0.25) is 0 Å². The van der Waals surface area contributed by atoms with E-state index in [9.17, 15) is 9.50 Å². The maximum Gasteiger partial charge on any atom is 0.146 e. The average molecular weight is 235 g/mol. The molecule has 4 heteroatoms. The van der Waals surface area contributed by atoms with Crippen LogP contribution in [0.3, 0.4) is 0 Å². The first-order valence-electron chi connectivity index (χ1n) is 5.38. The van der Waals surface area contributed by atoms with Crippen LogP contribution in [-0.2, 0) is 0 Å². The molecule has 3 nitrogen and oxygen atoms in total. The fourth-order valence-electron chi connectivity index (χ4n) is 1.56. The van der Waals surface area contributed by atoms with E-state index >= 15 is 0 Å². The molecular formula is C13H14FNO2. The summed E-state index contributed by atoms with van der Waals surface area (Å²) in [6, 6.07) is 8.18. The van der Waals surface area contributed by atoms with Crippen LogP contribution < -0.4 is 5.32 Å². The number of hydrogen-bond acceptors (Lipinski definition) is 3. The van der Waals surface area contributed by atoms with E-state index in [1.165, 1.54) is 12.3 Å². The molecule has 90 valence electrons. The number of aryl methyl sites for hydroxylation is 1. The Kier molecular flexibility index (Phi) is 3.44. The fourth-order valence-corrected chi connectivity index (χ4v) is 1.56. The van der Waals surface area contributed by atoms with Gasteiger partial charge in [0.2, 0.25) is 0 Å². The SMILES string of the molecule is Cc1ccc(F)c(NCC(O)c2ccco2)c1. The summed E-state index contributed by atoms with van der Waals surface area (Å²) in [6.07, 6.45) is 0.705. The molecule has 0 aliphatic carbocycles. The Balaban J connectivity index is 2.00. The van der Waals surface area contributed by atoms with Crippen LogP contribution in [0.1, 0.15) is 17.4 Å². The van der Waals surface area contributed by atoms with Crippen molar-refractivity contribution >= 4 is 5.69 Å². The molecule has 2 aromatic rings. The van der Waals surface area contributed by atoms with E-state index in [1.807, 2.05) is 6.92 Å². The van der Waals surface area contributed by atoms with E-state index in [2.05, 4.69) is 5.32 Å². The molecule has 1 heterocycles. The van der Waals surface area contributed by atoms with Gasteiger partial charge in [0, 0.05) is 6.54 Å². The van der Waals surface area contributed by atoms with Gasteiger partial charge in [0.15, 0.2) is 0 Å². The minimum absolute atomic E-state index is 0.202.